The number of methoxy groups -OCH3 is 1. The predicted octanol–water partition coefficient (Wildman–Crippen LogP) is 3.94. The second-order valence-corrected chi connectivity index (χ2v) is 6.66. The molecule has 2 unspecified atom stereocenters. The molecule has 1 heterocycles. The zero-order valence-electron chi connectivity index (χ0n) is 15.6. The number of esters is 1. The summed E-state index contributed by atoms with van der Waals surface area (Å²) in [5, 5.41) is 0. The number of nitrogens with zero attached hydrogens (tertiary/aromatic N) is 1. The van der Waals surface area contributed by atoms with E-state index in [-0.39, 0.29) is 12.0 Å². The van der Waals surface area contributed by atoms with Gasteiger partial charge in [-0.15, -0.1) is 0 Å². The lowest BCUT2D eigenvalue weighted by Crippen LogP contribution is -2.40. The van der Waals surface area contributed by atoms with Crippen LogP contribution in [0.1, 0.15) is 32.4 Å². The summed E-state index contributed by atoms with van der Waals surface area (Å²) in [4.78, 5) is 14.8. The minimum absolute atomic E-state index is 0.294. The van der Waals surface area contributed by atoms with Gasteiger partial charge < -0.3 is 19.1 Å². The van der Waals surface area contributed by atoms with Crippen LogP contribution in [0.25, 0.3) is 0 Å². The summed E-state index contributed by atoms with van der Waals surface area (Å²) in [6.07, 6.45) is -0.710. The third-order valence-electron chi connectivity index (χ3n) is 4.57. The van der Waals surface area contributed by atoms with Gasteiger partial charge in [0.25, 0.3) is 0 Å². The van der Waals surface area contributed by atoms with E-state index < -0.39 is 11.8 Å². The fourth-order valence-corrected chi connectivity index (χ4v) is 3.49. The molecule has 0 spiro atoms. The highest BCUT2D eigenvalue weighted by Crippen LogP contribution is 2.45. The van der Waals surface area contributed by atoms with Crippen molar-refractivity contribution in [2.45, 2.75) is 38.6 Å². The molecule has 0 amide bonds. The van der Waals surface area contributed by atoms with E-state index in [4.69, 9.17) is 14.2 Å². The quantitative estimate of drug-likeness (QED) is 0.760. The first-order valence-corrected chi connectivity index (χ1v) is 8.80. The maximum atomic E-state index is 12.6. The zero-order valence-corrected chi connectivity index (χ0v) is 15.6. The van der Waals surface area contributed by atoms with Gasteiger partial charge in [0.2, 0.25) is 0 Å². The fourth-order valence-electron chi connectivity index (χ4n) is 3.49. The molecule has 1 aliphatic heterocycles. The Bertz CT molecular complexity index is 742. The van der Waals surface area contributed by atoms with E-state index in [2.05, 4.69) is 4.90 Å². The van der Waals surface area contributed by atoms with Crippen LogP contribution in [0, 0.1) is 0 Å². The van der Waals surface area contributed by atoms with Crippen LogP contribution in [0.15, 0.2) is 54.6 Å². The molecular weight excluding hydrogens is 330 g/mol. The van der Waals surface area contributed by atoms with Gasteiger partial charge in [0.15, 0.2) is 6.10 Å². The second kappa shape index (κ2) is 7.38. The summed E-state index contributed by atoms with van der Waals surface area (Å²) >= 11 is 0. The van der Waals surface area contributed by atoms with Gasteiger partial charge >= 0.3 is 5.97 Å². The lowest BCUT2D eigenvalue weighted by atomic mass is 9.99. The third kappa shape index (κ3) is 3.40. The Balaban J connectivity index is 2.07. The minimum Gasteiger partial charge on any atom is -0.497 e. The lowest BCUT2D eigenvalue weighted by molar-refractivity contribution is -0.159. The zero-order chi connectivity index (χ0) is 18.7. The van der Waals surface area contributed by atoms with Gasteiger partial charge in [-0.3, -0.25) is 0 Å². The first kappa shape index (κ1) is 18.3. The van der Waals surface area contributed by atoms with Crippen molar-refractivity contribution in [2.24, 2.45) is 0 Å². The van der Waals surface area contributed by atoms with Gasteiger partial charge in [-0.25, -0.2) is 4.79 Å². The number of anilines is 1. The summed E-state index contributed by atoms with van der Waals surface area (Å²) in [5.74, 6) is 0.422. The molecule has 1 aliphatic rings. The third-order valence-corrected chi connectivity index (χ3v) is 4.57. The number of benzene rings is 2. The molecule has 5 nitrogen and oxygen atoms in total. The molecule has 3 rings (SSSR count). The van der Waals surface area contributed by atoms with Crippen molar-refractivity contribution in [2.75, 3.05) is 18.6 Å². The SMILES string of the molecule is CCOC(=O)C1OC(C)(C)N(c2ccccc2)C1c1ccc(OC)cc1. The predicted molar refractivity (Wildman–Crippen MR) is 100 cm³/mol. The van der Waals surface area contributed by atoms with Crippen LogP contribution < -0.4 is 9.64 Å². The highest BCUT2D eigenvalue weighted by molar-refractivity contribution is 5.78. The summed E-state index contributed by atoms with van der Waals surface area (Å²) in [7, 11) is 1.63. The smallest absolute Gasteiger partial charge is 0.337 e. The molecule has 2 atom stereocenters. The molecular formula is C21H25NO4. The summed E-state index contributed by atoms with van der Waals surface area (Å²) in [6.45, 7) is 6.06. The van der Waals surface area contributed by atoms with Crippen molar-refractivity contribution >= 4 is 11.7 Å². The molecule has 26 heavy (non-hydrogen) atoms. The highest BCUT2D eigenvalue weighted by atomic mass is 16.6. The molecule has 0 bridgehead atoms. The van der Waals surface area contributed by atoms with Crippen LogP contribution >= 0.6 is 0 Å². The molecule has 2 aromatic rings. The molecule has 2 aromatic carbocycles. The molecule has 0 saturated carbocycles. The van der Waals surface area contributed by atoms with Crippen LogP contribution in [0.5, 0.6) is 5.75 Å². The summed E-state index contributed by atoms with van der Waals surface area (Å²) in [5.41, 5.74) is 1.30. The van der Waals surface area contributed by atoms with Gasteiger partial charge in [0.05, 0.1) is 19.8 Å². The van der Waals surface area contributed by atoms with Gasteiger partial charge in [0, 0.05) is 5.69 Å². The van der Waals surface area contributed by atoms with Crippen molar-refractivity contribution in [3.63, 3.8) is 0 Å². The number of carbonyl (C=O) groups is 1. The fraction of sp³-hybridized carbons (Fsp3) is 0.381. The van der Waals surface area contributed by atoms with E-state index >= 15 is 0 Å². The molecule has 1 saturated heterocycles. The van der Waals surface area contributed by atoms with Crippen LogP contribution in [0.4, 0.5) is 5.69 Å². The number of hydrogen-bond donors (Lipinski definition) is 0. The molecule has 0 aromatic heterocycles. The summed E-state index contributed by atoms with van der Waals surface area (Å²) in [6, 6.07) is 17.4. The maximum absolute atomic E-state index is 12.6. The van der Waals surface area contributed by atoms with Gasteiger partial charge in [-0.1, -0.05) is 30.3 Å². The second-order valence-electron chi connectivity index (χ2n) is 6.66. The van der Waals surface area contributed by atoms with Crippen molar-refractivity contribution in [1.82, 2.24) is 0 Å². The van der Waals surface area contributed by atoms with E-state index in [0.717, 1.165) is 17.0 Å². The average molecular weight is 355 g/mol. The Hall–Kier alpha value is -2.53. The molecule has 0 radical (unpaired) electrons. The molecule has 0 N–H and O–H groups in total. The minimum atomic E-state index is -0.710. The molecule has 5 heteroatoms. The van der Waals surface area contributed by atoms with E-state index in [0.29, 0.717) is 6.61 Å². The Kier molecular flexibility index (Phi) is 5.18. The van der Waals surface area contributed by atoms with E-state index in [1.165, 1.54) is 0 Å². The Morgan fingerprint density at radius 1 is 1.12 bits per heavy atom. The standard InChI is InChI=1S/C21H25NO4/c1-5-25-20(23)19-18(15-11-13-17(24-4)14-12-15)22(21(2,3)26-19)16-9-7-6-8-10-16/h6-14,18-19H,5H2,1-4H3. The number of hydrogen-bond acceptors (Lipinski definition) is 5. The molecule has 1 fully saturated rings. The topological polar surface area (TPSA) is 48.0 Å². The van der Waals surface area contributed by atoms with Gasteiger partial charge in [0.1, 0.15) is 11.5 Å². The van der Waals surface area contributed by atoms with Crippen LogP contribution in [-0.2, 0) is 14.3 Å². The molecule has 0 aliphatic carbocycles. The lowest BCUT2D eigenvalue weighted by Gasteiger charge is -2.36. The average Bonchev–Trinajstić information content (AvgIpc) is 2.94. The number of carbonyl (C=O) groups excluding carboxylic acids is 1. The van der Waals surface area contributed by atoms with Crippen molar-refractivity contribution in [3.8, 4) is 5.75 Å². The number of ether oxygens (including phenoxy) is 3. The number of para-hydroxylation sites is 1. The Morgan fingerprint density at radius 2 is 1.77 bits per heavy atom. The Morgan fingerprint density at radius 3 is 2.35 bits per heavy atom. The van der Waals surface area contributed by atoms with Crippen molar-refractivity contribution in [3.05, 3.63) is 60.2 Å². The van der Waals surface area contributed by atoms with E-state index in [1.54, 1.807) is 14.0 Å². The maximum Gasteiger partial charge on any atom is 0.337 e. The van der Waals surface area contributed by atoms with Crippen LogP contribution in [0.2, 0.25) is 0 Å². The first-order valence-electron chi connectivity index (χ1n) is 8.80. The van der Waals surface area contributed by atoms with E-state index in [1.807, 2.05) is 68.4 Å². The number of rotatable bonds is 5. The van der Waals surface area contributed by atoms with Gasteiger partial charge in [-0.2, -0.15) is 0 Å². The molecule has 138 valence electrons. The van der Waals surface area contributed by atoms with Crippen LogP contribution in [-0.4, -0.2) is 31.5 Å². The largest absolute Gasteiger partial charge is 0.497 e. The normalized spacial score (nSPS) is 21.5. The van der Waals surface area contributed by atoms with Crippen LogP contribution in [0.3, 0.4) is 0 Å². The van der Waals surface area contributed by atoms with Crippen molar-refractivity contribution < 1.29 is 19.0 Å². The van der Waals surface area contributed by atoms with Crippen molar-refractivity contribution in [1.29, 1.82) is 0 Å². The monoisotopic (exact) mass is 355 g/mol. The van der Waals surface area contributed by atoms with E-state index in [9.17, 15) is 4.79 Å². The highest BCUT2D eigenvalue weighted by Gasteiger charge is 2.51. The summed E-state index contributed by atoms with van der Waals surface area (Å²) < 4.78 is 16.7. The Labute approximate surface area is 154 Å². The first-order chi connectivity index (χ1) is 12.5. The van der Waals surface area contributed by atoms with Gasteiger partial charge in [-0.05, 0) is 50.6 Å².